The standard InChI is InChI=1S/C14H22BrNOS/c1-2-8-16-13(14-12(15)7-10-18-14)6-5-11-4-3-9-17-11/h7,10-11,13,16H,2-6,8-9H2,1H3. The molecule has 1 fully saturated rings. The molecule has 1 aromatic rings. The molecule has 2 heterocycles. The Kier molecular flexibility index (Phi) is 6.15. The van der Waals surface area contributed by atoms with E-state index in [9.17, 15) is 0 Å². The van der Waals surface area contributed by atoms with Gasteiger partial charge in [-0.3, -0.25) is 0 Å². The number of thiophene rings is 1. The van der Waals surface area contributed by atoms with E-state index in [4.69, 9.17) is 4.74 Å². The Hall–Kier alpha value is 0.100. The molecule has 1 aromatic heterocycles. The molecule has 0 aromatic carbocycles. The second-order valence-electron chi connectivity index (χ2n) is 4.85. The van der Waals surface area contributed by atoms with Gasteiger partial charge in [0.2, 0.25) is 0 Å². The maximum absolute atomic E-state index is 5.72. The lowest BCUT2D eigenvalue weighted by Crippen LogP contribution is -2.23. The van der Waals surface area contributed by atoms with Crippen molar-refractivity contribution >= 4 is 27.3 Å². The number of hydrogen-bond donors (Lipinski definition) is 1. The summed E-state index contributed by atoms with van der Waals surface area (Å²) < 4.78 is 6.96. The molecule has 2 rings (SSSR count). The molecule has 102 valence electrons. The Bertz CT molecular complexity index is 349. The second-order valence-corrected chi connectivity index (χ2v) is 6.65. The average Bonchev–Trinajstić information content (AvgIpc) is 3.01. The minimum absolute atomic E-state index is 0.475. The predicted molar refractivity (Wildman–Crippen MR) is 81.3 cm³/mol. The number of rotatable bonds is 7. The highest BCUT2D eigenvalue weighted by molar-refractivity contribution is 9.10. The zero-order valence-corrected chi connectivity index (χ0v) is 13.4. The molecule has 2 unspecified atom stereocenters. The minimum Gasteiger partial charge on any atom is -0.378 e. The summed E-state index contributed by atoms with van der Waals surface area (Å²) in [5, 5.41) is 5.82. The topological polar surface area (TPSA) is 21.3 Å². The smallest absolute Gasteiger partial charge is 0.0576 e. The van der Waals surface area contributed by atoms with Crippen LogP contribution in [0.15, 0.2) is 15.9 Å². The summed E-state index contributed by atoms with van der Waals surface area (Å²) in [6.07, 6.45) is 6.50. The highest BCUT2D eigenvalue weighted by atomic mass is 79.9. The maximum atomic E-state index is 5.72. The van der Waals surface area contributed by atoms with E-state index >= 15 is 0 Å². The van der Waals surface area contributed by atoms with Gasteiger partial charge in [0.1, 0.15) is 0 Å². The lowest BCUT2D eigenvalue weighted by atomic mass is 10.0. The van der Waals surface area contributed by atoms with Crippen LogP contribution in [0.3, 0.4) is 0 Å². The molecule has 0 bridgehead atoms. The third kappa shape index (κ3) is 4.05. The van der Waals surface area contributed by atoms with Crippen molar-refractivity contribution in [1.29, 1.82) is 0 Å². The molecule has 1 N–H and O–H groups in total. The van der Waals surface area contributed by atoms with Crippen LogP contribution in [-0.4, -0.2) is 19.3 Å². The van der Waals surface area contributed by atoms with Gasteiger partial charge in [0, 0.05) is 22.0 Å². The van der Waals surface area contributed by atoms with E-state index in [2.05, 4.69) is 39.6 Å². The summed E-state index contributed by atoms with van der Waals surface area (Å²) >= 11 is 5.49. The van der Waals surface area contributed by atoms with Crippen molar-refractivity contribution < 1.29 is 4.74 Å². The summed E-state index contributed by atoms with van der Waals surface area (Å²) in [5.74, 6) is 0. The van der Waals surface area contributed by atoms with Crippen molar-refractivity contribution in [3.8, 4) is 0 Å². The Labute approximate surface area is 122 Å². The van der Waals surface area contributed by atoms with Gasteiger partial charge in [-0.1, -0.05) is 6.92 Å². The normalized spacial score (nSPS) is 21.3. The van der Waals surface area contributed by atoms with Crippen LogP contribution in [0.4, 0.5) is 0 Å². The summed E-state index contributed by atoms with van der Waals surface area (Å²) in [7, 11) is 0. The van der Waals surface area contributed by atoms with Gasteiger partial charge in [-0.25, -0.2) is 0 Å². The zero-order valence-electron chi connectivity index (χ0n) is 11.0. The Balaban J connectivity index is 1.90. The minimum atomic E-state index is 0.475. The summed E-state index contributed by atoms with van der Waals surface area (Å²) in [5.41, 5.74) is 0. The highest BCUT2D eigenvalue weighted by Crippen LogP contribution is 2.32. The van der Waals surface area contributed by atoms with E-state index in [1.54, 1.807) is 0 Å². The van der Waals surface area contributed by atoms with Gasteiger partial charge < -0.3 is 10.1 Å². The zero-order chi connectivity index (χ0) is 12.8. The molecule has 18 heavy (non-hydrogen) atoms. The first kappa shape index (κ1) is 14.5. The third-order valence-electron chi connectivity index (χ3n) is 3.40. The number of halogens is 1. The molecule has 2 atom stereocenters. The van der Waals surface area contributed by atoms with Gasteiger partial charge in [-0.05, 0) is 66.0 Å². The van der Waals surface area contributed by atoms with E-state index in [0.29, 0.717) is 12.1 Å². The van der Waals surface area contributed by atoms with E-state index in [0.717, 1.165) is 13.2 Å². The number of ether oxygens (including phenoxy) is 1. The van der Waals surface area contributed by atoms with E-state index in [-0.39, 0.29) is 0 Å². The van der Waals surface area contributed by atoms with Gasteiger partial charge in [0.05, 0.1) is 6.10 Å². The summed E-state index contributed by atoms with van der Waals surface area (Å²) in [6, 6.07) is 2.62. The van der Waals surface area contributed by atoms with Crippen molar-refractivity contribution in [2.75, 3.05) is 13.2 Å². The van der Waals surface area contributed by atoms with Gasteiger partial charge >= 0.3 is 0 Å². The molecule has 1 saturated heterocycles. The van der Waals surface area contributed by atoms with Crippen molar-refractivity contribution in [1.82, 2.24) is 5.32 Å². The molecule has 0 aliphatic carbocycles. The molecule has 4 heteroatoms. The van der Waals surface area contributed by atoms with Crippen LogP contribution in [0, 0.1) is 0 Å². The van der Waals surface area contributed by atoms with Gasteiger partial charge in [-0.15, -0.1) is 11.3 Å². The monoisotopic (exact) mass is 331 g/mol. The largest absolute Gasteiger partial charge is 0.378 e. The number of hydrogen-bond acceptors (Lipinski definition) is 3. The molecular weight excluding hydrogens is 310 g/mol. The van der Waals surface area contributed by atoms with E-state index in [1.165, 1.54) is 41.5 Å². The fourth-order valence-corrected chi connectivity index (χ4v) is 4.18. The van der Waals surface area contributed by atoms with Gasteiger partial charge in [-0.2, -0.15) is 0 Å². The fraction of sp³-hybridized carbons (Fsp3) is 0.714. The summed E-state index contributed by atoms with van der Waals surface area (Å²) in [4.78, 5) is 1.43. The van der Waals surface area contributed by atoms with Crippen LogP contribution in [0.25, 0.3) is 0 Å². The van der Waals surface area contributed by atoms with Crippen LogP contribution < -0.4 is 5.32 Å². The predicted octanol–water partition coefficient (Wildman–Crippen LogP) is 4.51. The molecule has 0 spiro atoms. The molecule has 1 aliphatic rings. The molecule has 0 saturated carbocycles. The number of nitrogens with one attached hydrogen (secondary N) is 1. The third-order valence-corrected chi connectivity index (χ3v) is 5.39. The van der Waals surface area contributed by atoms with E-state index < -0.39 is 0 Å². The van der Waals surface area contributed by atoms with Crippen LogP contribution >= 0.6 is 27.3 Å². The van der Waals surface area contributed by atoms with Crippen LogP contribution in [0.5, 0.6) is 0 Å². The van der Waals surface area contributed by atoms with Crippen LogP contribution in [0.2, 0.25) is 0 Å². The van der Waals surface area contributed by atoms with Crippen molar-refractivity contribution in [2.24, 2.45) is 0 Å². The fourth-order valence-electron chi connectivity index (χ4n) is 2.42. The van der Waals surface area contributed by atoms with Crippen molar-refractivity contribution in [2.45, 2.75) is 51.2 Å². The molecule has 0 radical (unpaired) electrons. The average molecular weight is 332 g/mol. The highest BCUT2D eigenvalue weighted by Gasteiger charge is 2.20. The summed E-state index contributed by atoms with van der Waals surface area (Å²) in [6.45, 7) is 4.26. The Morgan fingerprint density at radius 2 is 2.50 bits per heavy atom. The molecule has 2 nitrogen and oxygen atoms in total. The molecule has 0 amide bonds. The van der Waals surface area contributed by atoms with Crippen LogP contribution in [0.1, 0.15) is 49.9 Å². The first-order valence-electron chi connectivity index (χ1n) is 6.89. The maximum Gasteiger partial charge on any atom is 0.0576 e. The Morgan fingerprint density at radius 1 is 1.61 bits per heavy atom. The van der Waals surface area contributed by atoms with Crippen molar-refractivity contribution in [3.63, 3.8) is 0 Å². The van der Waals surface area contributed by atoms with Gasteiger partial charge in [0.25, 0.3) is 0 Å². The lowest BCUT2D eigenvalue weighted by molar-refractivity contribution is 0.0997. The SMILES string of the molecule is CCCNC(CCC1CCCO1)c1sccc1Br. The second kappa shape index (κ2) is 7.63. The van der Waals surface area contributed by atoms with Gasteiger partial charge in [0.15, 0.2) is 0 Å². The van der Waals surface area contributed by atoms with Crippen molar-refractivity contribution in [3.05, 3.63) is 20.8 Å². The quantitative estimate of drug-likeness (QED) is 0.793. The molecule has 1 aliphatic heterocycles. The molecular formula is C14H22BrNOS. The Morgan fingerprint density at radius 3 is 3.11 bits per heavy atom. The first-order valence-corrected chi connectivity index (χ1v) is 8.56. The van der Waals surface area contributed by atoms with E-state index in [1.807, 2.05) is 11.3 Å². The first-order chi connectivity index (χ1) is 8.81. The van der Waals surface area contributed by atoms with Crippen LogP contribution in [-0.2, 0) is 4.74 Å². The lowest BCUT2D eigenvalue weighted by Gasteiger charge is -2.19.